The lowest BCUT2D eigenvalue weighted by molar-refractivity contribution is 0.0691. The van der Waals surface area contributed by atoms with E-state index in [1.807, 2.05) is 24.5 Å². The zero-order valence-electron chi connectivity index (χ0n) is 10.1. The van der Waals surface area contributed by atoms with Gasteiger partial charge < -0.3 is 10.5 Å². The van der Waals surface area contributed by atoms with E-state index < -0.39 is 0 Å². The first-order valence-electron chi connectivity index (χ1n) is 5.64. The number of nitrogens with two attached hydrogens (primary N) is 1. The molecule has 0 bridgehead atoms. The third kappa shape index (κ3) is 4.26. The molecular formula is C12H21N3O. The molecule has 0 aliphatic heterocycles. The summed E-state index contributed by atoms with van der Waals surface area (Å²) in [6.45, 7) is 5.47. The molecule has 0 radical (unpaired) electrons. The van der Waals surface area contributed by atoms with Gasteiger partial charge in [0.15, 0.2) is 0 Å². The first kappa shape index (κ1) is 13.1. The van der Waals surface area contributed by atoms with Crippen molar-refractivity contribution in [2.75, 3.05) is 26.7 Å². The Bertz CT molecular complexity index is 275. The Morgan fingerprint density at radius 1 is 1.44 bits per heavy atom. The maximum atomic E-state index is 5.62. The van der Waals surface area contributed by atoms with Crippen LogP contribution in [0.4, 0.5) is 0 Å². The molecule has 4 heteroatoms. The summed E-state index contributed by atoms with van der Waals surface area (Å²) in [6, 6.07) is 4.07. The molecule has 4 nitrogen and oxygen atoms in total. The minimum atomic E-state index is 0.113. The maximum absolute atomic E-state index is 5.62. The fraction of sp³-hybridized carbons (Fsp3) is 0.583. The van der Waals surface area contributed by atoms with Crippen LogP contribution < -0.4 is 5.73 Å². The van der Waals surface area contributed by atoms with Gasteiger partial charge in [-0.05, 0) is 24.2 Å². The number of nitrogens with zero attached hydrogens (tertiary/aromatic N) is 2. The van der Waals surface area contributed by atoms with Crippen molar-refractivity contribution >= 4 is 0 Å². The second-order valence-corrected chi connectivity index (χ2v) is 3.78. The van der Waals surface area contributed by atoms with E-state index in [2.05, 4.69) is 16.8 Å². The fourth-order valence-corrected chi connectivity index (χ4v) is 1.59. The van der Waals surface area contributed by atoms with Crippen LogP contribution in [0.15, 0.2) is 24.5 Å². The minimum Gasteiger partial charge on any atom is -0.379 e. The number of hydrogen-bond donors (Lipinski definition) is 1. The standard InChI is InChI=1S/C12H21N3O/c1-3-15(10-12(8-13)16-2)9-11-4-6-14-7-5-11/h4-7,12H,3,8-10,13H2,1-2H3. The lowest BCUT2D eigenvalue weighted by atomic mass is 10.2. The molecule has 0 spiro atoms. The van der Waals surface area contributed by atoms with Gasteiger partial charge in [0.1, 0.15) is 0 Å². The normalized spacial score (nSPS) is 13.0. The largest absolute Gasteiger partial charge is 0.379 e. The van der Waals surface area contributed by atoms with E-state index in [9.17, 15) is 0 Å². The highest BCUT2D eigenvalue weighted by atomic mass is 16.5. The summed E-state index contributed by atoms with van der Waals surface area (Å²) in [7, 11) is 1.71. The lowest BCUT2D eigenvalue weighted by Crippen LogP contribution is -2.37. The Labute approximate surface area is 97.4 Å². The van der Waals surface area contributed by atoms with Crippen molar-refractivity contribution in [2.24, 2.45) is 5.73 Å². The SMILES string of the molecule is CCN(Cc1ccncc1)CC(CN)OC. The highest BCUT2D eigenvalue weighted by Crippen LogP contribution is 2.04. The molecule has 0 aromatic carbocycles. The number of pyridine rings is 1. The first-order valence-corrected chi connectivity index (χ1v) is 5.64. The van der Waals surface area contributed by atoms with Crippen molar-refractivity contribution in [3.05, 3.63) is 30.1 Å². The summed E-state index contributed by atoms with van der Waals surface area (Å²) in [5.41, 5.74) is 6.89. The third-order valence-corrected chi connectivity index (χ3v) is 2.66. The smallest absolute Gasteiger partial charge is 0.0820 e. The zero-order chi connectivity index (χ0) is 11.8. The van der Waals surface area contributed by atoms with Gasteiger partial charge in [0, 0.05) is 39.1 Å². The molecule has 1 rings (SSSR count). The van der Waals surface area contributed by atoms with Crippen molar-refractivity contribution in [3.8, 4) is 0 Å². The van der Waals surface area contributed by atoms with E-state index in [1.165, 1.54) is 5.56 Å². The number of ether oxygens (including phenoxy) is 1. The summed E-state index contributed by atoms with van der Waals surface area (Å²) >= 11 is 0. The number of hydrogen-bond acceptors (Lipinski definition) is 4. The Morgan fingerprint density at radius 3 is 2.62 bits per heavy atom. The van der Waals surface area contributed by atoms with Gasteiger partial charge >= 0.3 is 0 Å². The van der Waals surface area contributed by atoms with E-state index in [0.717, 1.165) is 19.6 Å². The molecule has 0 aliphatic carbocycles. The molecule has 2 N–H and O–H groups in total. The van der Waals surface area contributed by atoms with Crippen LogP contribution in [0.3, 0.4) is 0 Å². The summed E-state index contributed by atoms with van der Waals surface area (Å²) in [5.74, 6) is 0. The number of aromatic nitrogens is 1. The number of methoxy groups -OCH3 is 1. The van der Waals surface area contributed by atoms with Crippen molar-refractivity contribution < 1.29 is 4.74 Å². The first-order chi connectivity index (χ1) is 7.80. The summed E-state index contributed by atoms with van der Waals surface area (Å²) < 4.78 is 5.29. The molecule has 0 aliphatic rings. The second-order valence-electron chi connectivity index (χ2n) is 3.78. The molecule has 0 saturated heterocycles. The minimum absolute atomic E-state index is 0.113. The molecule has 1 heterocycles. The number of likely N-dealkylation sites (N-methyl/N-ethyl adjacent to an activating group) is 1. The summed E-state index contributed by atoms with van der Waals surface area (Å²) in [6.07, 6.45) is 3.75. The molecular weight excluding hydrogens is 202 g/mol. The van der Waals surface area contributed by atoms with Crippen molar-refractivity contribution in [1.29, 1.82) is 0 Å². The van der Waals surface area contributed by atoms with Gasteiger partial charge in [0.05, 0.1) is 6.10 Å². The topological polar surface area (TPSA) is 51.4 Å². The average molecular weight is 223 g/mol. The van der Waals surface area contributed by atoms with Crippen LogP contribution in [0.2, 0.25) is 0 Å². The molecule has 0 fully saturated rings. The summed E-state index contributed by atoms with van der Waals surface area (Å²) in [4.78, 5) is 6.32. The Balaban J connectivity index is 2.49. The van der Waals surface area contributed by atoms with Crippen LogP contribution in [0.5, 0.6) is 0 Å². The summed E-state index contributed by atoms with van der Waals surface area (Å²) in [5, 5.41) is 0. The van der Waals surface area contributed by atoms with Crippen LogP contribution in [-0.2, 0) is 11.3 Å². The van der Waals surface area contributed by atoms with Crippen LogP contribution in [0, 0.1) is 0 Å². The predicted molar refractivity (Wildman–Crippen MR) is 65.0 cm³/mol. The van der Waals surface area contributed by atoms with Gasteiger partial charge in [-0.3, -0.25) is 9.88 Å². The van der Waals surface area contributed by atoms with Crippen LogP contribution >= 0.6 is 0 Å². The Morgan fingerprint density at radius 2 is 2.12 bits per heavy atom. The van der Waals surface area contributed by atoms with Crippen molar-refractivity contribution in [3.63, 3.8) is 0 Å². The average Bonchev–Trinajstić information content (AvgIpc) is 2.35. The molecule has 1 unspecified atom stereocenters. The monoisotopic (exact) mass is 223 g/mol. The molecule has 0 saturated carbocycles. The van der Waals surface area contributed by atoms with Crippen molar-refractivity contribution in [2.45, 2.75) is 19.6 Å². The van der Waals surface area contributed by atoms with Gasteiger partial charge in [0.25, 0.3) is 0 Å². The quantitative estimate of drug-likeness (QED) is 0.745. The van der Waals surface area contributed by atoms with Gasteiger partial charge in [-0.15, -0.1) is 0 Å². The van der Waals surface area contributed by atoms with E-state index in [0.29, 0.717) is 6.54 Å². The van der Waals surface area contributed by atoms with E-state index in [-0.39, 0.29) is 6.10 Å². The Hall–Kier alpha value is -0.970. The van der Waals surface area contributed by atoms with Gasteiger partial charge in [-0.1, -0.05) is 6.92 Å². The molecule has 16 heavy (non-hydrogen) atoms. The second kappa shape index (κ2) is 7.33. The highest BCUT2D eigenvalue weighted by molar-refractivity contribution is 5.09. The van der Waals surface area contributed by atoms with E-state index in [4.69, 9.17) is 10.5 Å². The Kier molecular flexibility index (Phi) is 6.00. The molecule has 0 amide bonds. The maximum Gasteiger partial charge on any atom is 0.0820 e. The van der Waals surface area contributed by atoms with Crippen LogP contribution in [0.25, 0.3) is 0 Å². The van der Waals surface area contributed by atoms with E-state index in [1.54, 1.807) is 7.11 Å². The van der Waals surface area contributed by atoms with Crippen molar-refractivity contribution in [1.82, 2.24) is 9.88 Å². The molecule has 90 valence electrons. The molecule has 1 aromatic rings. The third-order valence-electron chi connectivity index (χ3n) is 2.66. The van der Waals surface area contributed by atoms with Crippen LogP contribution in [0.1, 0.15) is 12.5 Å². The van der Waals surface area contributed by atoms with E-state index >= 15 is 0 Å². The zero-order valence-corrected chi connectivity index (χ0v) is 10.1. The fourth-order valence-electron chi connectivity index (χ4n) is 1.59. The molecule has 1 atom stereocenters. The number of rotatable bonds is 7. The van der Waals surface area contributed by atoms with Gasteiger partial charge in [-0.2, -0.15) is 0 Å². The van der Waals surface area contributed by atoms with Gasteiger partial charge in [0.2, 0.25) is 0 Å². The van der Waals surface area contributed by atoms with Gasteiger partial charge in [-0.25, -0.2) is 0 Å². The van der Waals surface area contributed by atoms with Crippen LogP contribution in [-0.4, -0.2) is 42.7 Å². The lowest BCUT2D eigenvalue weighted by Gasteiger charge is -2.24. The predicted octanol–water partition coefficient (Wildman–Crippen LogP) is 0.877. The molecule has 1 aromatic heterocycles. The highest BCUT2D eigenvalue weighted by Gasteiger charge is 2.10.